The number of aromatic nitrogens is 2. The van der Waals surface area contributed by atoms with Crippen LogP contribution < -0.4 is 35.6 Å². The highest BCUT2D eigenvalue weighted by atomic mass is 32.2. The number of anilines is 2. The molecule has 1 aromatic heterocycles. The summed E-state index contributed by atoms with van der Waals surface area (Å²) in [6, 6.07) is 5.85. The van der Waals surface area contributed by atoms with Crippen molar-refractivity contribution in [1.29, 1.82) is 0 Å². The van der Waals surface area contributed by atoms with Crippen LogP contribution in [0.4, 0.5) is 11.5 Å². The van der Waals surface area contributed by atoms with Gasteiger partial charge in [-0.2, -0.15) is 16.9 Å². The van der Waals surface area contributed by atoms with Gasteiger partial charge in [0, 0.05) is 36.6 Å². The summed E-state index contributed by atoms with van der Waals surface area (Å²) in [6.07, 6.45) is 1.15. The standard InChI is InChI=1S/C32H39N5O6S/c1-16(2)28(32(40)35-31-21-14-44-15-24(21)36-37(31)4)34-23-11-9-19-20(13-25(23)39)22(33-17(3)38)10-8-18-12-26(41-5)29(42-6)30(43-7)27(18)19/h9,11-13,16,22,28H,8,10,14-15H2,1-7H3,(H,33,38)(H,34,39)(H,35,40). The monoisotopic (exact) mass is 621 g/mol. The van der Waals surface area contributed by atoms with E-state index in [2.05, 4.69) is 21.0 Å². The van der Waals surface area contributed by atoms with Gasteiger partial charge in [0.15, 0.2) is 11.5 Å². The summed E-state index contributed by atoms with van der Waals surface area (Å²) >= 11 is 1.76. The predicted molar refractivity (Wildman–Crippen MR) is 172 cm³/mol. The Labute approximate surface area is 261 Å². The van der Waals surface area contributed by atoms with Crippen LogP contribution >= 0.6 is 11.8 Å². The van der Waals surface area contributed by atoms with Gasteiger partial charge in [-0.25, -0.2) is 0 Å². The molecule has 0 radical (unpaired) electrons. The van der Waals surface area contributed by atoms with Crippen molar-refractivity contribution in [2.75, 3.05) is 32.0 Å². The Bertz CT molecular complexity index is 1670. The summed E-state index contributed by atoms with van der Waals surface area (Å²) < 4.78 is 18.9. The van der Waals surface area contributed by atoms with Gasteiger partial charge in [0.25, 0.3) is 0 Å². The smallest absolute Gasteiger partial charge is 0.248 e. The van der Waals surface area contributed by atoms with Crippen LogP contribution in [0.3, 0.4) is 0 Å². The van der Waals surface area contributed by atoms with E-state index in [4.69, 9.17) is 14.2 Å². The predicted octanol–water partition coefficient (Wildman–Crippen LogP) is 4.42. The number of nitrogens with one attached hydrogen (secondary N) is 3. The van der Waals surface area contributed by atoms with E-state index in [0.717, 1.165) is 33.9 Å². The van der Waals surface area contributed by atoms with Crippen LogP contribution in [-0.4, -0.2) is 49.0 Å². The van der Waals surface area contributed by atoms with E-state index < -0.39 is 12.1 Å². The van der Waals surface area contributed by atoms with Crippen molar-refractivity contribution in [3.8, 4) is 28.4 Å². The molecule has 2 atom stereocenters. The molecule has 3 aromatic rings. The van der Waals surface area contributed by atoms with Crippen LogP contribution in [0.5, 0.6) is 17.2 Å². The van der Waals surface area contributed by atoms with E-state index in [9.17, 15) is 14.4 Å². The average molecular weight is 622 g/mol. The highest BCUT2D eigenvalue weighted by Gasteiger charge is 2.31. The van der Waals surface area contributed by atoms with E-state index in [0.29, 0.717) is 47.0 Å². The summed E-state index contributed by atoms with van der Waals surface area (Å²) in [5, 5.41) is 13.9. The number of aryl methyl sites for hydroxylation is 2. The van der Waals surface area contributed by atoms with Crippen molar-refractivity contribution >= 4 is 35.1 Å². The van der Waals surface area contributed by atoms with Gasteiger partial charge in [0.1, 0.15) is 11.9 Å². The van der Waals surface area contributed by atoms with Crippen molar-refractivity contribution < 1.29 is 23.8 Å². The van der Waals surface area contributed by atoms with Crippen LogP contribution in [0.15, 0.2) is 29.1 Å². The minimum Gasteiger partial charge on any atom is -0.493 e. The number of hydrogen-bond acceptors (Lipinski definition) is 9. The number of rotatable bonds is 9. The molecule has 0 saturated carbocycles. The topological polar surface area (TPSA) is 133 Å². The zero-order valence-electron chi connectivity index (χ0n) is 26.1. The molecule has 1 aliphatic carbocycles. The Hall–Kier alpha value is -4.19. The van der Waals surface area contributed by atoms with Gasteiger partial charge in [-0.1, -0.05) is 19.9 Å². The molecule has 0 saturated heterocycles. The summed E-state index contributed by atoms with van der Waals surface area (Å²) in [6.45, 7) is 5.31. The molecule has 2 heterocycles. The zero-order chi connectivity index (χ0) is 31.7. The molecule has 2 aliphatic rings. The average Bonchev–Trinajstić information content (AvgIpc) is 3.46. The van der Waals surface area contributed by atoms with Crippen LogP contribution in [0, 0.1) is 5.92 Å². The molecule has 2 unspecified atom stereocenters. The highest BCUT2D eigenvalue weighted by Crippen LogP contribution is 2.50. The van der Waals surface area contributed by atoms with Crippen molar-refractivity contribution in [2.24, 2.45) is 13.0 Å². The molecule has 12 heteroatoms. The second kappa shape index (κ2) is 12.8. The SMILES string of the molecule is COc1cc2c(c(OC)c1OC)-c1ccc(NC(C(=O)Nc3c4c(nn3C)CSC4)C(C)C)c(=O)cc1C(NC(C)=O)CC2. The normalized spacial score (nSPS) is 15.8. The van der Waals surface area contributed by atoms with Crippen molar-refractivity contribution in [1.82, 2.24) is 15.1 Å². The lowest BCUT2D eigenvalue weighted by Crippen LogP contribution is -2.40. The number of nitrogens with zero attached hydrogens (tertiary/aromatic N) is 2. The number of hydrogen-bond donors (Lipinski definition) is 3. The molecule has 5 rings (SSSR count). The van der Waals surface area contributed by atoms with E-state index in [1.807, 2.05) is 33.0 Å². The van der Waals surface area contributed by atoms with Crippen molar-refractivity contribution in [3.05, 3.63) is 56.9 Å². The molecule has 1 aliphatic heterocycles. The van der Waals surface area contributed by atoms with Crippen molar-refractivity contribution in [2.45, 2.75) is 57.2 Å². The molecule has 44 heavy (non-hydrogen) atoms. The van der Waals surface area contributed by atoms with Gasteiger partial charge in [0.05, 0.1) is 38.8 Å². The first kappa shape index (κ1) is 31.2. The van der Waals surface area contributed by atoms with Crippen LogP contribution in [0.2, 0.25) is 0 Å². The van der Waals surface area contributed by atoms with E-state index in [1.165, 1.54) is 6.92 Å². The Balaban J connectivity index is 1.60. The number of carbonyl (C=O) groups excluding carboxylic acids is 2. The molecule has 2 aromatic carbocycles. The maximum atomic E-state index is 13.8. The fourth-order valence-corrected chi connectivity index (χ4v) is 7.06. The number of thioether (sulfide) groups is 1. The van der Waals surface area contributed by atoms with Gasteiger partial charge >= 0.3 is 0 Å². The van der Waals surface area contributed by atoms with Gasteiger partial charge in [-0.15, -0.1) is 0 Å². The van der Waals surface area contributed by atoms with E-state index >= 15 is 0 Å². The number of methoxy groups -OCH3 is 3. The first-order valence-corrected chi connectivity index (χ1v) is 15.7. The summed E-state index contributed by atoms with van der Waals surface area (Å²) in [5.41, 5.74) is 5.04. The second-order valence-corrected chi connectivity index (χ2v) is 12.3. The molecular formula is C32H39N5O6S. The van der Waals surface area contributed by atoms with Crippen LogP contribution in [0.1, 0.15) is 55.6 Å². The minimum absolute atomic E-state index is 0.141. The number of benzene rings is 1. The van der Waals surface area contributed by atoms with Crippen molar-refractivity contribution in [3.63, 3.8) is 0 Å². The summed E-state index contributed by atoms with van der Waals surface area (Å²) in [7, 11) is 6.49. The molecule has 3 N–H and O–H groups in total. The largest absolute Gasteiger partial charge is 0.493 e. The first-order valence-electron chi connectivity index (χ1n) is 14.5. The lowest BCUT2D eigenvalue weighted by atomic mass is 9.95. The Morgan fingerprint density at radius 2 is 1.82 bits per heavy atom. The quantitative estimate of drug-likeness (QED) is 0.318. The van der Waals surface area contributed by atoms with Gasteiger partial charge < -0.3 is 30.2 Å². The lowest BCUT2D eigenvalue weighted by molar-refractivity contribution is -0.120. The zero-order valence-corrected chi connectivity index (χ0v) is 26.9. The molecule has 11 nitrogen and oxygen atoms in total. The summed E-state index contributed by atoms with van der Waals surface area (Å²) in [4.78, 5) is 39.7. The maximum Gasteiger partial charge on any atom is 0.248 e. The van der Waals surface area contributed by atoms with Gasteiger partial charge in [-0.3, -0.25) is 19.1 Å². The molecule has 0 fully saturated rings. The third-order valence-corrected chi connectivity index (χ3v) is 9.10. The summed E-state index contributed by atoms with van der Waals surface area (Å²) in [5.74, 6) is 3.13. The molecule has 0 spiro atoms. The third-order valence-electron chi connectivity index (χ3n) is 8.13. The Kier molecular flexibility index (Phi) is 9.10. The van der Waals surface area contributed by atoms with Crippen LogP contribution in [-0.2, 0) is 34.6 Å². The minimum atomic E-state index is -0.707. The van der Waals surface area contributed by atoms with Gasteiger partial charge in [0.2, 0.25) is 23.0 Å². The Morgan fingerprint density at radius 1 is 1.07 bits per heavy atom. The number of amides is 2. The highest BCUT2D eigenvalue weighted by molar-refractivity contribution is 7.98. The van der Waals surface area contributed by atoms with Gasteiger partial charge in [-0.05, 0) is 53.6 Å². The van der Waals surface area contributed by atoms with E-state index in [1.54, 1.807) is 49.9 Å². The fraction of sp³-hybridized carbons (Fsp3) is 0.438. The molecular weight excluding hydrogens is 582 g/mol. The van der Waals surface area contributed by atoms with Crippen LogP contribution in [0.25, 0.3) is 11.1 Å². The second-order valence-electron chi connectivity index (χ2n) is 11.3. The van der Waals surface area contributed by atoms with E-state index in [-0.39, 0.29) is 28.8 Å². The third kappa shape index (κ3) is 5.82. The molecule has 2 amide bonds. The molecule has 0 bridgehead atoms. The number of ether oxygens (including phenoxy) is 3. The number of fused-ring (bicyclic) bond motifs is 4. The molecule has 234 valence electrons. The lowest BCUT2D eigenvalue weighted by Gasteiger charge is -2.22. The first-order chi connectivity index (χ1) is 21.1. The fourth-order valence-electron chi connectivity index (χ4n) is 6.02. The Morgan fingerprint density at radius 3 is 2.48 bits per heavy atom. The number of carbonyl (C=O) groups is 2. The maximum absolute atomic E-state index is 13.8.